The maximum atomic E-state index is 11.2. The summed E-state index contributed by atoms with van der Waals surface area (Å²) in [6.07, 6.45) is 1.52. The molecule has 0 unspecified atom stereocenters. The third kappa shape index (κ3) is 3.99. The molecule has 9 nitrogen and oxygen atoms in total. The van der Waals surface area contributed by atoms with Crippen LogP contribution in [0.2, 0.25) is 0 Å². The molecule has 10 heteroatoms. The number of hydrogen-bond donors (Lipinski definition) is 1. The van der Waals surface area contributed by atoms with Gasteiger partial charge in [0.2, 0.25) is 6.79 Å². The predicted octanol–water partition coefficient (Wildman–Crippen LogP) is 4.74. The van der Waals surface area contributed by atoms with Crippen molar-refractivity contribution in [1.82, 2.24) is 4.98 Å². The first kappa shape index (κ1) is 20.2. The van der Waals surface area contributed by atoms with E-state index in [1.165, 1.54) is 36.8 Å². The van der Waals surface area contributed by atoms with E-state index in [4.69, 9.17) is 14.2 Å². The van der Waals surface area contributed by atoms with Gasteiger partial charge in [0, 0.05) is 35.0 Å². The van der Waals surface area contributed by atoms with E-state index in [1.54, 1.807) is 6.92 Å². The average molecular weight is 436 g/mol. The maximum Gasteiger partial charge on any atom is 0.311 e. The fourth-order valence-corrected chi connectivity index (χ4v) is 3.81. The first-order valence-corrected chi connectivity index (χ1v) is 9.94. The van der Waals surface area contributed by atoms with Crippen LogP contribution < -0.4 is 19.5 Å². The van der Waals surface area contributed by atoms with E-state index in [-0.39, 0.29) is 18.2 Å². The number of methoxy groups -OCH3 is 1. The van der Waals surface area contributed by atoms with Crippen LogP contribution >= 0.6 is 11.3 Å². The van der Waals surface area contributed by atoms with Crippen molar-refractivity contribution in [3.05, 3.63) is 62.6 Å². The van der Waals surface area contributed by atoms with E-state index in [1.807, 2.05) is 23.6 Å². The molecular weight excluding hydrogens is 420 g/mol. The molecular formula is C21H16N4O5S. The monoisotopic (exact) mass is 436 g/mol. The van der Waals surface area contributed by atoms with Gasteiger partial charge in [-0.05, 0) is 30.7 Å². The van der Waals surface area contributed by atoms with E-state index in [2.05, 4.69) is 16.4 Å². The molecule has 0 saturated heterocycles. The van der Waals surface area contributed by atoms with Gasteiger partial charge in [-0.2, -0.15) is 5.26 Å². The second-order valence-electron chi connectivity index (χ2n) is 6.52. The fourth-order valence-electron chi connectivity index (χ4n) is 3.01. The van der Waals surface area contributed by atoms with Crippen LogP contribution in [0.3, 0.4) is 0 Å². The van der Waals surface area contributed by atoms with Gasteiger partial charge in [-0.1, -0.05) is 0 Å². The summed E-state index contributed by atoms with van der Waals surface area (Å²) in [6, 6.07) is 10.6. The van der Waals surface area contributed by atoms with Crippen LogP contribution in [0.4, 0.5) is 11.4 Å². The number of anilines is 1. The Labute approximate surface area is 181 Å². The number of thiazole rings is 1. The SMILES string of the molecule is COc1cc(NC=C(C#N)c2nc(-c3ccc4c(c3)OCO4)cs2)c(C)cc1[N+](=O)[O-]. The summed E-state index contributed by atoms with van der Waals surface area (Å²) >= 11 is 1.34. The Balaban J connectivity index is 1.59. The van der Waals surface area contributed by atoms with Crippen LogP contribution in [0.1, 0.15) is 10.6 Å². The molecule has 0 amide bonds. The van der Waals surface area contributed by atoms with Gasteiger partial charge < -0.3 is 19.5 Å². The number of fused-ring (bicyclic) bond motifs is 1. The van der Waals surface area contributed by atoms with Crippen LogP contribution in [0.5, 0.6) is 17.2 Å². The molecule has 0 atom stereocenters. The lowest BCUT2D eigenvalue weighted by atomic mass is 10.1. The zero-order valence-electron chi connectivity index (χ0n) is 16.5. The van der Waals surface area contributed by atoms with Crippen molar-refractivity contribution >= 4 is 28.3 Å². The van der Waals surface area contributed by atoms with Gasteiger partial charge in [0.05, 0.1) is 17.7 Å². The van der Waals surface area contributed by atoms with E-state index in [0.717, 1.165) is 5.56 Å². The van der Waals surface area contributed by atoms with Gasteiger partial charge in [0.25, 0.3) is 0 Å². The van der Waals surface area contributed by atoms with Crippen LogP contribution in [0, 0.1) is 28.4 Å². The van der Waals surface area contributed by atoms with E-state index in [9.17, 15) is 15.4 Å². The Hall–Kier alpha value is -4.10. The number of aryl methyl sites for hydroxylation is 1. The van der Waals surface area contributed by atoms with Crippen LogP contribution in [0.15, 0.2) is 41.9 Å². The van der Waals surface area contributed by atoms with E-state index >= 15 is 0 Å². The van der Waals surface area contributed by atoms with Gasteiger partial charge in [-0.15, -0.1) is 11.3 Å². The smallest absolute Gasteiger partial charge is 0.311 e. The number of hydrogen-bond acceptors (Lipinski definition) is 9. The van der Waals surface area contributed by atoms with E-state index in [0.29, 0.717) is 39.0 Å². The lowest BCUT2D eigenvalue weighted by Gasteiger charge is -2.09. The molecule has 4 rings (SSSR count). The van der Waals surface area contributed by atoms with Crippen molar-refractivity contribution < 1.29 is 19.1 Å². The molecule has 1 N–H and O–H groups in total. The third-order valence-corrected chi connectivity index (χ3v) is 5.49. The average Bonchev–Trinajstić information content (AvgIpc) is 3.44. The summed E-state index contributed by atoms with van der Waals surface area (Å²) in [7, 11) is 1.37. The normalized spacial score (nSPS) is 12.4. The van der Waals surface area contributed by atoms with Crippen molar-refractivity contribution in [3.8, 4) is 34.6 Å². The third-order valence-electron chi connectivity index (χ3n) is 4.62. The van der Waals surface area contributed by atoms with Crippen molar-refractivity contribution in [3.63, 3.8) is 0 Å². The Morgan fingerprint density at radius 3 is 2.90 bits per heavy atom. The van der Waals surface area contributed by atoms with Crippen LogP contribution in [-0.4, -0.2) is 23.8 Å². The summed E-state index contributed by atoms with van der Waals surface area (Å²) in [5.74, 6) is 1.48. The molecule has 3 aromatic rings. The molecule has 1 aromatic heterocycles. The van der Waals surface area contributed by atoms with Crippen molar-refractivity contribution in [2.45, 2.75) is 6.92 Å². The number of nitro groups is 1. The van der Waals surface area contributed by atoms with Gasteiger partial charge >= 0.3 is 5.69 Å². The van der Waals surface area contributed by atoms with Crippen molar-refractivity contribution in [2.75, 3.05) is 19.2 Å². The number of nitrogens with one attached hydrogen (secondary N) is 1. The summed E-state index contributed by atoms with van der Waals surface area (Å²) in [4.78, 5) is 15.2. The number of ether oxygens (including phenoxy) is 3. The van der Waals surface area contributed by atoms with Gasteiger partial charge in [-0.3, -0.25) is 10.1 Å². The van der Waals surface area contributed by atoms with Crippen LogP contribution in [-0.2, 0) is 0 Å². The van der Waals surface area contributed by atoms with Gasteiger partial charge in [-0.25, -0.2) is 4.98 Å². The molecule has 0 saturated carbocycles. The number of allylic oxidation sites excluding steroid dienone is 1. The zero-order valence-corrected chi connectivity index (χ0v) is 17.4. The number of aromatic nitrogens is 1. The Morgan fingerprint density at radius 2 is 2.16 bits per heavy atom. The summed E-state index contributed by atoms with van der Waals surface area (Å²) in [6.45, 7) is 1.93. The lowest BCUT2D eigenvalue weighted by Crippen LogP contribution is -1.99. The van der Waals surface area contributed by atoms with Crippen molar-refractivity contribution in [2.24, 2.45) is 0 Å². The minimum Gasteiger partial charge on any atom is -0.490 e. The molecule has 1 aliphatic rings. The maximum absolute atomic E-state index is 11.2. The highest BCUT2D eigenvalue weighted by molar-refractivity contribution is 7.11. The molecule has 0 radical (unpaired) electrons. The molecule has 31 heavy (non-hydrogen) atoms. The van der Waals surface area contributed by atoms with Crippen molar-refractivity contribution in [1.29, 1.82) is 5.26 Å². The Kier molecular flexibility index (Phi) is 5.43. The first-order chi connectivity index (χ1) is 15.0. The standard InChI is InChI=1S/C21H16N4O5S/c1-12-5-17(25(26)27)19(28-2)7-15(12)23-9-14(8-22)21-24-16(10-31-21)13-3-4-18-20(6-13)30-11-29-18/h3-7,9-10,23H,11H2,1-2H3. The first-order valence-electron chi connectivity index (χ1n) is 9.06. The highest BCUT2D eigenvalue weighted by atomic mass is 32.1. The quantitative estimate of drug-likeness (QED) is 0.334. The van der Waals surface area contributed by atoms with Gasteiger partial charge in [0.15, 0.2) is 17.2 Å². The predicted molar refractivity (Wildman–Crippen MR) is 115 cm³/mol. The Bertz CT molecular complexity index is 1250. The number of benzene rings is 2. The topological polar surface area (TPSA) is 120 Å². The molecule has 0 fully saturated rings. The number of nitro benzene ring substituents is 1. The summed E-state index contributed by atoms with van der Waals surface area (Å²) in [5, 5.41) is 26.2. The minimum atomic E-state index is -0.501. The molecule has 2 aromatic carbocycles. The molecule has 0 spiro atoms. The van der Waals surface area contributed by atoms with E-state index < -0.39 is 4.92 Å². The minimum absolute atomic E-state index is 0.122. The second-order valence-corrected chi connectivity index (χ2v) is 7.37. The molecule has 2 heterocycles. The lowest BCUT2D eigenvalue weighted by molar-refractivity contribution is -0.385. The number of rotatable bonds is 6. The highest BCUT2D eigenvalue weighted by Crippen LogP contribution is 2.37. The largest absolute Gasteiger partial charge is 0.490 e. The van der Waals surface area contributed by atoms with Crippen LogP contribution in [0.25, 0.3) is 16.8 Å². The molecule has 156 valence electrons. The summed E-state index contributed by atoms with van der Waals surface area (Å²) < 4.78 is 15.8. The molecule has 1 aliphatic heterocycles. The fraction of sp³-hybridized carbons (Fsp3) is 0.143. The number of nitriles is 1. The second kappa shape index (κ2) is 8.33. The molecule has 0 bridgehead atoms. The Morgan fingerprint density at radius 1 is 1.35 bits per heavy atom. The highest BCUT2D eigenvalue weighted by Gasteiger charge is 2.18. The van der Waals surface area contributed by atoms with Gasteiger partial charge in [0.1, 0.15) is 16.6 Å². The summed E-state index contributed by atoms with van der Waals surface area (Å²) in [5.41, 5.74) is 3.00. The molecule has 0 aliphatic carbocycles. The number of nitrogens with zero attached hydrogens (tertiary/aromatic N) is 3. The zero-order chi connectivity index (χ0) is 22.0.